The minimum atomic E-state index is -1.43. The third-order valence-corrected chi connectivity index (χ3v) is 2.42. The molecular weight excluding hydrogens is 213 g/mol. The molecule has 0 aliphatic carbocycles. The maximum absolute atomic E-state index is 13.6. The summed E-state index contributed by atoms with van der Waals surface area (Å²) in [5.74, 6) is -3.72. The van der Waals surface area contributed by atoms with Crippen LogP contribution in [-0.4, -0.2) is 0 Å². The molecule has 0 heterocycles. The summed E-state index contributed by atoms with van der Waals surface area (Å²) in [6, 6.07) is 9.52. The summed E-state index contributed by atoms with van der Waals surface area (Å²) in [4.78, 5) is 0. The van der Waals surface area contributed by atoms with Crippen molar-refractivity contribution in [2.24, 2.45) is 0 Å². The van der Waals surface area contributed by atoms with Crippen molar-refractivity contribution >= 4 is 0 Å². The van der Waals surface area contributed by atoms with Crippen LogP contribution in [0.25, 0.3) is 11.1 Å². The number of hydrogen-bond donors (Lipinski definition) is 0. The van der Waals surface area contributed by atoms with Crippen molar-refractivity contribution in [3.63, 3.8) is 0 Å². The van der Waals surface area contributed by atoms with E-state index in [9.17, 15) is 13.2 Å². The minimum Gasteiger partial charge on any atom is -0.204 e. The fourth-order valence-corrected chi connectivity index (χ4v) is 1.67. The molecule has 16 heavy (non-hydrogen) atoms. The summed E-state index contributed by atoms with van der Waals surface area (Å²) in [6.07, 6.45) is 0. The molecule has 0 bridgehead atoms. The number of benzene rings is 2. The summed E-state index contributed by atoms with van der Waals surface area (Å²) < 4.78 is 39.6. The van der Waals surface area contributed by atoms with Crippen LogP contribution in [0.1, 0.15) is 5.56 Å². The van der Waals surface area contributed by atoms with Crippen molar-refractivity contribution < 1.29 is 13.2 Å². The second kappa shape index (κ2) is 4.00. The van der Waals surface area contributed by atoms with Crippen molar-refractivity contribution in [2.75, 3.05) is 0 Å². The van der Waals surface area contributed by atoms with Crippen molar-refractivity contribution in [3.8, 4) is 11.1 Å². The van der Waals surface area contributed by atoms with Gasteiger partial charge in [0.1, 0.15) is 0 Å². The van der Waals surface area contributed by atoms with Crippen LogP contribution in [-0.2, 0) is 0 Å². The molecule has 2 rings (SSSR count). The van der Waals surface area contributed by atoms with E-state index in [4.69, 9.17) is 0 Å². The molecule has 0 aliphatic rings. The topological polar surface area (TPSA) is 0 Å². The van der Waals surface area contributed by atoms with Crippen LogP contribution in [0.3, 0.4) is 0 Å². The van der Waals surface area contributed by atoms with Crippen molar-refractivity contribution in [1.29, 1.82) is 0 Å². The normalized spacial score (nSPS) is 10.5. The Balaban J connectivity index is 2.71. The molecule has 3 heteroatoms. The second-order valence-electron chi connectivity index (χ2n) is 3.54. The van der Waals surface area contributed by atoms with Gasteiger partial charge in [0.05, 0.1) is 0 Å². The Kier molecular flexibility index (Phi) is 2.69. The van der Waals surface area contributed by atoms with Gasteiger partial charge < -0.3 is 0 Å². The van der Waals surface area contributed by atoms with Gasteiger partial charge in [-0.05, 0) is 24.1 Å². The highest BCUT2D eigenvalue weighted by atomic mass is 19.2. The zero-order chi connectivity index (χ0) is 11.7. The molecule has 0 saturated heterocycles. The Morgan fingerprint density at radius 3 is 2.12 bits per heavy atom. The monoisotopic (exact) mass is 222 g/mol. The highest BCUT2D eigenvalue weighted by molar-refractivity contribution is 5.67. The summed E-state index contributed by atoms with van der Waals surface area (Å²) in [7, 11) is 0. The number of halogens is 3. The molecule has 2 aromatic carbocycles. The fraction of sp³-hybridized carbons (Fsp3) is 0.0769. The smallest absolute Gasteiger partial charge is 0.195 e. The molecule has 0 radical (unpaired) electrons. The van der Waals surface area contributed by atoms with Gasteiger partial charge in [-0.1, -0.05) is 30.3 Å². The summed E-state index contributed by atoms with van der Waals surface area (Å²) in [6.45, 7) is 1.55. The molecule has 0 N–H and O–H groups in total. The molecular formula is C13H9F3. The number of hydrogen-bond acceptors (Lipinski definition) is 0. The Morgan fingerprint density at radius 1 is 0.875 bits per heavy atom. The molecule has 0 nitrogen and oxygen atoms in total. The van der Waals surface area contributed by atoms with E-state index in [0.29, 0.717) is 11.1 Å². The van der Waals surface area contributed by atoms with Gasteiger partial charge in [0, 0.05) is 5.56 Å². The largest absolute Gasteiger partial charge is 0.204 e. The van der Waals surface area contributed by atoms with Crippen LogP contribution in [0.15, 0.2) is 36.4 Å². The van der Waals surface area contributed by atoms with E-state index >= 15 is 0 Å². The van der Waals surface area contributed by atoms with Crippen LogP contribution in [0.5, 0.6) is 0 Å². The van der Waals surface area contributed by atoms with E-state index in [0.717, 1.165) is 6.07 Å². The van der Waals surface area contributed by atoms with E-state index in [1.807, 2.05) is 0 Å². The number of aryl methyl sites for hydroxylation is 1. The van der Waals surface area contributed by atoms with Crippen molar-refractivity contribution in [1.82, 2.24) is 0 Å². The summed E-state index contributed by atoms with van der Waals surface area (Å²) in [5, 5.41) is 0. The average Bonchev–Trinajstić information content (AvgIpc) is 2.28. The molecule has 0 saturated carbocycles. The quantitative estimate of drug-likeness (QED) is 0.638. The molecule has 0 atom stereocenters. The van der Waals surface area contributed by atoms with Crippen LogP contribution >= 0.6 is 0 Å². The zero-order valence-electron chi connectivity index (χ0n) is 8.60. The molecule has 0 spiro atoms. The van der Waals surface area contributed by atoms with Crippen LogP contribution < -0.4 is 0 Å². The standard InChI is InChI=1S/C13H9F3/c1-8-7-10(14)12(15)13(16)11(8)9-5-3-2-4-6-9/h2-7H,1H3. The third-order valence-electron chi connectivity index (χ3n) is 2.42. The lowest BCUT2D eigenvalue weighted by Gasteiger charge is -2.08. The van der Waals surface area contributed by atoms with Gasteiger partial charge in [0.15, 0.2) is 17.5 Å². The Labute approximate surface area is 91.4 Å². The van der Waals surface area contributed by atoms with Gasteiger partial charge in [0.2, 0.25) is 0 Å². The average molecular weight is 222 g/mol. The van der Waals surface area contributed by atoms with E-state index in [-0.39, 0.29) is 5.56 Å². The lowest BCUT2D eigenvalue weighted by molar-refractivity contribution is 0.448. The minimum absolute atomic E-state index is 0.111. The van der Waals surface area contributed by atoms with Crippen molar-refractivity contribution in [3.05, 3.63) is 59.4 Å². The number of rotatable bonds is 1. The maximum atomic E-state index is 13.6. The third kappa shape index (κ3) is 1.69. The predicted molar refractivity (Wildman–Crippen MR) is 56.5 cm³/mol. The highest BCUT2D eigenvalue weighted by Gasteiger charge is 2.17. The van der Waals surface area contributed by atoms with Gasteiger partial charge >= 0.3 is 0 Å². The molecule has 0 amide bonds. The highest BCUT2D eigenvalue weighted by Crippen LogP contribution is 2.29. The van der Waals surface area contributed by atoms with E-state index < -0.39 is 17.5 Å². The van der Waals surface area contributed by atoms with E-state index in [1.54, 1.807) is 37.3 Å². The Hall–Kier alpha value is -1.77. The Morgan fingerprint density at radius 2 is 1.50 bits per heavy atom. The van der Waals surface area contributed by atoms with Gasteiger partial charge in [-0.25, -0.2) is 13.2 Å². The van der Waals surface area contributed by atoms with Crippen LogP contribution in [0.2, 0.25) is 0 Å². The van der Waals surface area contributed by atoms with Crippen molar-refractivity contribution in [2.45, 2.75) is 6.92 Å². The summed E-state index contributed by atoms with van der Waals surface area (Å²) in [5.41, 5.74) is 1.03. The van der Waals surface area contributed by atoms with E-state index in [1.165, 1.54) is 0 Å². The first kappa shape index (κ1) is 10.7. The molecule has 2 aromatic rings. The maximum Gasteiger partial charge on any atom is 0.195 e. The van der Waals surface area contributed by atoms with Gasteiger partial charge in [0.25, 0.3) is 0 Å². The van der Waals surface area contributed by atoms with Gasteiger partial charge in [-0.3, -0.25) is 0 Å². The second-order valence-corrected chi connectivity index (χ2v) is 3.54. The lowest BCUT2D eigenvalue weighted by atomic mass is 9.99. The molecule has 0 aromatic heterocycles. The van der Waals surface area contributed by atoms with Gasteiger partial charge in [-0.2, -0.15) is 0 Å². The summed E-state index contributed by atoms with van der Waals surface area (Å²) >= 11 is 0. The fourth-order valence-electron chi connectivity index (χ4n) is 1.67. The van der Waals surface area contributed by atoms with Crippen LogP contribution in [0, 0.1) is 24.4 Å². The van der Waals surface area contributed by atoms with Gasteiger partial charge in [-0.15, -0.1) is 0 Å². The SMILES string of the molecule is Cc1cc(F)c(F)c(F)c1-c1ccccc1. The zero-order valence-corrected chi connectivity index (χ0v) is 8.60. The Bertz CT molecular complexity index is 518. The molecule has 82 valence electrons. The first-order valence-corrected chi connectivity index (χ1v) is 4.80. The first-order valence-electron chi connectivity index (χ1n) is 4.80. The van der Waals surface area contributed by atoms with Crippen LogP contribution in [0.4, 0.5) is 13.2 Å². The first-order chi connectivity index (χ1) is 7.61. The van der Waals surface area contributed by atoms with E-state index in [2.05, 4.69) is 0 Å². The predicted octanol–water partition coefficient (Wildman–Crippen LogP) is 4.08. The molecule has 0 fully saturated rings. The molecule has 0 aliphatic heterocycles. The molecule has 0 unspecified atom stereocenters. The lowest BCUT2D eigenvalue weighted by Crippen LogP contribution is -1.97.